The number of allylic oxidation sites excluding steroid dienone is 5. The van der Waals surface area contributed by atoms with Crippen LogP contribution in [0.2, 0.25) is 0 Å². The van der Waals surface area contributed by atoms with Gasteiger partial charge in [0, 0.05) is 0 Å². The molecule has 0 N–H and O–H groups in total. The van der Waals surface area contributed by atoms with E-state index in [0.29, 0.717) is 0 Å². The van der Waals surface area contributed by atoms with E-state index in [1.54, 1.807) is 0 Å². The summed E-state index contributed by atoms with van der Waals surface area (Å²) in [6, 6.07) is 0. The average molecular weight is 362 g/mol. The summed E-state index contributed by atoms with van der Waals surface area (Å²) in [5, 5.41) is 0. The van der Waals surface area contributed by atoms with Crippen LogP contribution in [-0.2, 0) is 25.2 Å². The number of hydrogen-bond donors (Lipinski definition) is 0. The zero-order valence-electron chi connectivity index (χ0n) is 13.2. The summed E-state index contributed by atoms with van der Waals surface area (Å²) in [6.45, 7) is 9.70. The van der Waals surface area contributed by atoms with Gasteiger partial charge in [-0.05, 0) is 0 Å². The van der Waals surface area contributed by atoms with Crippen LogP contribution >= 0.6 is 0 Å². The SMILES string of the molecule is CCOC1(C(C)(C)C2=[C]([Ti+2])CC=C2)CC=CC=C1C.[Cl-].[Cl-]. The molecule has 0 spiro atoms. The molecular formula is C17H23Cl2OTi. The Bertz CT molecular complexity index is 489. The van der Waals surface area contributed by atoms with Crippen molar-refractivity contribution < 1.29 is 50.0 Å². The Morgan fingerprint density at radius 1 is 1.29 bits per heavy atom. The van der Waals surface area contributed by atoms with Crippen molar-refractivity contribution in [2.24, 2.45) is 5.41 Å². The monoisotopic (exact) mass is 361 g/mol. The molecule has 0 fully saturated rings. The van der Waals surface area contributed by atoms with E-state index in [2.05, 4.69) is 78.5 Å². The Labute approximate surface area is 153 Å². The largest absolute Gasteiger partial charge is 1.00 e. The van der Waals surface area contributed by atoms with Crippen LogP contribution in [0.1, 0.15) is 40.5 Å². The minimum absolute atomic E-state index is 0. The van der Waals surface area contributed by atoms with E-state index in [9.17, 15) is 0 Å². The molecule has 2 aliphatic carbocycles. The van der Waals surface area contributed by atoms with Crippen molar-refractivity contribution in [2.45, 2.75) is 46.1 Å². The van der Waals surface area contributed by atoms with E-state index in [1.165, 1.54) is 15.0 Å². The Morgan fingerprint density at radius 3 is 2.43 bits per heavy atom. The van der Waals surface area contributed by atoms with Crippen molar-refractivity contribution in [3.05, 3.63) is 45.4 Å². The van der Waals surface area contributed by atoms with Crippen LogP contribution in [-0.4, -0.2) is 12.2 Å². The van der Waals surface area contributed by atoms with Gasteiger partial charge in [-0.15, -0.1) is 0 Å². The van der Waals surface area contributed by atoms with Gasteiger partial charge in [0.05, 0.1) is 0 Å². The van der Waals surface area contributed by atoms with Crippen molar-refractivity contribution in [2.75, 3.05) is 6.61 Å². The van der Waals surface area contributed by atoms with Gasteiger partial charge < -0.3 is 24.8 Å². The van der Waals surface area contributed by atoms with E-state index in [-0.39, 0.29) is 35.8 Å². The molecule has 0 amide bonds. The maximum absolute atomic E-state index is 6.32. The molecule has 0 bridgehead atoms. The molecule has 4 heteroatoms. The van der Waals surface area contributed by atoms with Crippen LogP contribution in [0.5, 0.6) is 0 Å². The van der Waals surface area contributed by atoms with Gasteiger partial charge in [0.15, 0.2) is 0 Å². The zero-order chi connectivity index (χ0) is 14.1. The molecule has 2 rings (SSSR count). The third-order valence-corrected chi connectivity index (χ3v) is 5.27. The fraction of sp³-hybridized carbons (Fsp3) is 0.529. The first-order chi connectivity index (χ1) is 8.95. The summed E-state index contributed by atoms with van der Waals surface area (Å²) in [4.78, 5) is 0. The second kappa shape index (κ2) is 8.17. The van der Waals surface area contributed by atoms with Gasteiger partial charge in [-0.2, -0.15) is 0 Å². The van der Waals surface area contributed by atoms with Gasteiger partial charge >= 0.3 is 129 Å². The molecule has 0 heterocycles. The van der Waals surface area contributed by atoms with Crippen LogP contribution in [0.25, 0.3) is 0 Å². The molecule has 0 saturated carbocycles. The van der Waals surface area contributed by atoms with Gasteiger partial charge in [0.25, 0.3) is 0 Å². The third-order valence-electron chi connectivity index (χ3n) is 4.53. The molecule has 0 aromatic heterocycles. The first-order valence-electron chi connectivity index (χ1n) is 7.05. The maximum atomic E-state index is 6.32. The molecular weight excluding hydrogens is 339 g/mol. The topological polar surface area (TPSA) is 9.23 Å². The van der Waals surface area contributed by atoms with Crippen molar-refractivity contribution in [1.82, 2.24) is 0 Å². The molecule has 0 aliphatic heterocycles. The smallest absolute Gasteiger partial charge is 1.00 e. The summed E-state index contributed by atoms with van der Waals surface area (Å²) in [5.41, 5.74) is 2.57. The van der Waals surface area contributed by atoms with Crippen LogP contribution in [0.4, 0.5) is 0 Å². The van der Waals surface area contributed by atoms with E-state index >= 15 is 0 Å². The quantitative estimate of drug-likeness (QED) is 0.552. The third kappa shape index (κ3) is 3.59. The summed E-state index contributed by atoms with van der Waals surface area (Å²) in [6.07, 6.45) is 13.2. The van der Waals surface area contributed by atoms with Crippen LogP contribution in [0.3, 0.4) is 0 Å². The van der Waals surface area contributed by atoms with Crippen LogP contribution < -0.4 is 24.8 Å². The molecule has 1 nitrogen and oxygen atoms in total. The molecule has 0 aromatic carbocycles. The Balaban J connectivity index is 0.00000200. The number of hydrogen-bond acceptors (Lipinski definition) is 1. The van der Waals surface area contributed by atoms with Gasteiger partial charge in [-0.25, -0.2) is 0 Å². The zero-order valence-corrected chi connectivity index (χ0v) is 16.2. The molecule has 115 valence electrons. The number of ether oxygens (including phenoxy) is 1. The molecule has 0 radical (unpaired) electrons. The Hall–Kier alpha value is 0.214. The van der Waals surface area contributed by atoms with Gasteiger partial charge in [0.2, 0.25) is 0 Å². The predicted molar refractivity (Wildman–Crippen MR) is 76.4 cm³/mol. The van der Waals surface area contributed by atoms with E-state index in [0.717, 1.165) is 19.4 Å². The van der Waals surface area contributed by atoms with Crippen molar-refractivity contribution in [3.8, 4) is 0 Å². The van der Waals surface area contributed by atoms with Crippen molar-refractivity contribution in [1.29, 1.82) is 0 Å². The van der Waals surface area contributed by atoms with Crippen LogP contribution in [0.15, 0.2) is 45.4 Å². The van der Waals surface area contributed by atoms with Gasteiger partial charge in [-0.1, -0.05) is 0 Å². The minimum Gasteiger partial charge on any atom is -1.00 e. The molecule has 0 saturated heterocycles. The van der Waals surface area contributed by atoms with Crippen molar-refractivity contribution in [3.63, 3.8) is 0 Å². The number of rotatable bonds is 4. The Kier molecular flexibility index (Phi) is 8.26. The summed E-state index contributed by atoms with van der Waals surface area (Å²) in [7, 11) is 0. The molecule has 1 unspecified atom stereocenters. The summed E-state index contributed by atoms with van der Waals surface area (Å²) < 4.78 is 7.80. The first-order valence-corrected chi connectivity index (χ1v) is 7.83. The standard InChI is InChI=1S/C17H23O.2ClH.Ti/c1-5-18-17(13-9-8-10-14(17)2)16(3,4)15-11-6-7-12-15;;;/h6,8-11H,5,7,13H2,1-4H3;2*1H;/q;;;+2/p-2. The van der Waals surface area contributed by atoms with E-state index < -0.39 is 0 Å². The Morgan fingerprint density at radius 2 is 1.95 bits per heavy atom. The fourth-order valence-electron chi connectivity index (χ4n) is 3.40. The first kappa shape index (κ1) is 21.2. The van der Waals surface area contributed by atoms with E-state index in [1.807, 2.05) is 0 Å². The second-order valence-electron chi connectivity index (χ2n) is 5.87. The van der Waals surface area contributed by atoms with E-state index in [4.69, 9.17) is 4.74 Å². The molecule has 2 aliphatic rings. The summed E-state index contributed by atoms with van der Waals surface area (Å²) in [5.74, 6) is 0. The van der Waals surface area contributed by atoms with Crippen LogP contribution in [0, 0.1) is 5.41 Å². The predicted octanol–water partition coefficient (Wildman–Crippen LogP) is -1.54. The molecule has 1 atom stereocenters. The average Bonchev–Trinajstić information content (AvgIpc) is 2.79. The number of halogens is 2. The van der Waals surface area contributed by atoms with Gasteiger partial charge in [-0.3, -0.25) is 0 Å². The molecule has 0 aromatic rings. The molecule has 21 heavy (non-hydrogen) atoms. The summed E-state index contributed by atoms with van der Waals surface area (Å²) >= 11 is 2.24. The second-order valence-corrected chi connectivity index (χ2v) is 6.81. The van der Waals surface area contributed by atoms with Crippen molar-refractivity contribution >= 4 is 0 Å². The normalized spacial score (nSPS) is 24.6. The van der Waals surface area contributed by atoms with Gasteiger partial charge in [0.1, 0.15) is 0 Å². The minimum atomic E-state index is -0.207. The fourth-order valence-corrected chi connectivity index (χ4v) is 4.20. The maximum Gasteiger partial charge on any atom is -1.00 e.